The molecule has 2 atom stereocenters. The quantitative estimate of drug-likeness (QED) is 0.764. The van der Waals surface area contributed by atoms with E-state index in [0.717, 1.165) is 32.4 Å². The van der Waals surface area contributed by atoms with Crippen LogP contribution in [0.3, 0.4) is 0 Å². The van der Waals surface area contributed by atoms with E-state index < -0.39 is 9.84 Å². The molecule has 0 radical (unpaired) electrons. The predicted octanol–water partition coefficient (Wildman–Crippen LogP) is 0.316. The highest BCUT2D eigenvalue weighted by molar-refractivity contribution is 7.91. The van der Waals surface area contributed by atoms with E-state index in [1.165, 1.54) is 0 Å². The number of carbonyl (C=O) groups is 1. The summed E-state index contributed by atoms with van der Waals surface area (Å²) in [6, 6.07) is -0.295. The first kappa shape index (κ1) is 14.8. The summed E-state index contributed by atoms with van der Waals surface area (Å²) in [6.45, 7) is 5.38. The van der Waals surface area contributed by atoms with Crippen LogP contribution in [0.5, 0.6) is 0 Å². The summed E-state index contributed by atoms with van der Waals surface area (Å²) in [7, 11) is -3.03. The van der Waals surface area contributed by atoms with Crippen LogP contribution in [-0.2, 0) is 14.6 Å². The highest BCUT2D eigenvalue weighted by Crippen LogP contribution is 2.58. The second-order valence-corrected chi connectivity index (χ2v) is 8.38. The minimum Gasteiger partial charge on any atom is -0.352 e. The van der Waals surface area contributed by atoms with Gasteiger partial charge in [0.1, 0.15) is 0 Å². The first-order valence-corrected chi connectivity index (χ1v) is 8.92. The Balaban J connectivity index is 1.82. The largest absolute Gasteiger partial charge is 0.352 e. The molecule has 0 aromatic heterocycles. The molecule has 2 aliphatic rings. The lowest BCUT2D eigenvalue weighted by Gasteiger charge is -2.23. The third kappa shape index (κ3) is 3.48. The second kappa shape index (κ2) is 5.40. The van der Waals surface area contributed by atoms with Gasteiger partial charge in [0.05, 0.1) is 5.75 Å². The fourth-order valence-corrected chi connectivity index (χ4v) is 4.16. The van der Waals surface area contributed by atoms with Crippen molar-refractivity contribution in [1.29, 1.82) is 0 Å². The number of carbonyl (C=O) groups excluding carboxylic acids is 1. The van der Waals surface area contributed by atoms with Crippen LogP contribution in [0.15, 0.2) is 0 Å². The number of hydrogen-bond acceptors (Lipinski definition) is 4. The molecule has 1 heterocycles. The van der Waals surface area contributed by atoms with Gasteiger partial charge in [0.15, 0.2) is 9.84 Å². The van der Waals surface area contributed by atoms with Crippen LogP contribution >= 0.6 is 0 Å². The maximum Gasteiger partial charge on any atom is 0.223 e. The van der Waals surface area contributed by atoms with Gasteiger partial charge in [-0.2, -0.15) is 0 Å². The molecular weight excluding hydrogens is 264 g/mol. The maximum atomic E-state index is 12.1. The van der Waals surface area contributed by atoms with E-state index >= 15 is 0 Å². The molecule has 1 spiro atoms. The van der Waals surface area contributed by atoms with E-state index in [9.17, 15) is 13.2 Å². The van der Waals surface area contributed by atoms with Gasteiger partial charge in [0, 0.05) is 17.7 Å². The Kier molecular flexibility index (Phi) is 4.20. The second-order valence-electron chi connectivity index (χ2n) is 5.98. The van der Waals surface area contributed by atoms with E-state index in [4.69, 9.17) is 0 Å². The van der Waals surface area contributed by atoms with Crippen molar-refractivity contribution in [2.75, 3.05) is 24.6 Å². The van der Waals surface area contributed by atoms with Crippen molar-refractivity contribution in [3.05, 3.63) is 0 Å². The van der Waals surface area contributed by atoms with Gasteiger partial charge in [0.2, 0.25) is 5.91 Å². The SMILES string of the molecule is CCS(=O)(=O)CC(C)NC(=O)C1CC12CCNCC2. The molecule has 2 rings (SSSR count). The molecule has 2 N–H and O–H groups in total. The molecule has 1 aliphatic carbocycles. The molecule has 0 aromatic carbocycles. The molecule has 1 saturated heterocycles. The van der Waals surface area contributed by atoms with Crippen molar-refractivity contribution in [3.63, 3.8) is 0 Å². The molecule has 5 nitrogen and oxygen atoms in total. The summed E-state index contributed by atoms with van der Waals surface area (Å²) in [4.78, 5) is 12.1. The van der Waals surface area contributed by atoms with Crippen LogP contribution in [-0.4, -0.2) is 45.0 Å². The number of piperidine rings is 1. The zero-order valence-corrected chi connectivity index (χ0v) is 12.6. The average Bonchev–Trinajstić information content (AvgIpc) is 3.03. The van der Waals surface area contributed by atoms with Crippen molar-refractivity contribution in [2.45, 2.75) is 39.2 Å². The smallest absolute Gasteiger partial charge is 0.223 e. The molecule has 2 unspecified atom stereocenters. The van der Waals surface area contributed by atoms with Gasteiger partial charge in [-0.15, -0.1) is 0 Å². The molecule has 110 valence electrons. The Hall–Kier alpha value is -0.620. The van der Waals surface area contributed by atoms with Crippen molar-refractivity contribution in [3.8, 4) is 0 Å². The van der Waals surface area contributed by atoms with Crippen LogP contribution in [0.4, 0.5) is 0 Å². The molecule has 2 fully saturated rings. The monoisotopic (exact) mass is 288 g/mol. The minimum absolute atomic E-state index is 0.0382. The lowest BCUT2D eigenvalue weighted by molar-refractivity contribution is -0.123. The first-order valence-electron chi connectivity index (χ1n) is 7.10. The van der Waals surface area contributed by atoms with Crippen LogP contribution < -0.4 is 10.6 Å². The topological polar surface area (TPSA) is 75.3 Å². The summed E-state index contributed by atoms with van der Waals surface area (Å²) < 4.78 is 23.0. The molecule has 1 amide bonds. The lowest BCUT2D eigenvalue weighted by atomic mass is 9.91. The van der Waals surface area contributed by atoms with Crippen LogP contribution in [0.2, 0.25) is 0 Å². The van der Waals surface area contributed by atoms with Gasteiger partial charge in [-0.05, 0) is 44.7 Å². The molecular formula is C13H24N2O3S. The molecule has 19 heavy (non-hydrogen) atoms. The fourth-order valence-electron chi connectivity index (χ4n) is 3.08. The number of hydrogen-bond donors (Lipinski definition) is 2. The third-order valence-electron chi connectivity index (χ3n) is 4.44. The van der Waals surface area contributed by atoms with Crippen LogP contribution in [0.1, 0.15) is 33.1 Å². The van der Waals surface area contributed by atoms with Crippen molar-refractivity contribution >= 4 is 15.7 Å². The number of sulfone groups is 1. The van der Waals surface area contributed by atoms with Crippen molar-refractivity contribution in [2.24, 2.45) is 11.3 Å². The zero-order valence-electron chi connectivity index (χ0n) is 11.7. The van der Waals surface area contributed by atoms with Gasteiger partial charge in [0.25, 0.3) is 0 Å². The van der Waals surface area contributed by atoms with Gasteiger partial charge in [-0.3, -0.25) is 4.79 Å². The molecule has 1 saturated carbocycles. The van der Waals surface area contributed by atoms with E-state index in [2.05, 4.69) is 10.6 Å². The molecule has 6 heteroatoms. The normalized spacial score (nSPS) is 26.9. The van der Waals surface area contributed by atoms with Gasteiger partial charge < -0.3 is 10.6 Å². The summed E-state index contributed by atoms with van der Waals surface area (Å²) in [5.41, 5.74) is 0.207. The Bertz CT molecular complexity index is 441. The Morgan fingerprint density at radius 3 is 2.63 bits per heavy atom. The van der Waals surface area contributed by atoms with Crippen molar-refractivity contribution in [1.82, 2.24) is 10.6 Å². The van der Waals surface area contributed by atoms with E-state index in [-0.39, 0.29) is 34.8 Å². The van der Waals surface area contributed by atoms with Crippen molar-refractivity contribution < 1.29 is 13.2 Å². The Labute approximate surface area is 115 Å². The molecule has 0 aromatic rings. The van der Waals surface area contributed by atoms with Crippen LogP contribution in [0, 0.1) is 11.3 Å². The molecule has 0 bridgehead atoms. The number of nitrogens with one attached hydrogen (secondary N) is 2. The lowest BCUT2D eigenvalue weighted by Crippen LogP contribution is -2.40. The van der Waals surface area contributed by atoms with E-state index in [1.54, 1.807) is 13.8 Å². The minimum atomic E-state index is -3.03. The first-order chi connectivity index (χ1) is 8.88. The average molecular weight is 288 g/mol. The number of rotatable bonds is 5. The number of amides is 1. The van der Waals surface area contributed by atoms with Gasteiger partial charge >= 0.3 is 0 Å². The summed E-state index contributed by atoms with van der Waals surface area (Å²) in [5.74, 6) is 0.310. The van der Waals surface area contributed by atoms with Gasteiger partial charge in [-0.1, -0.05) is 6.92 Å². The molecule has 1 aliphatic heterocycles. The maximum absolute atomic E-state index is 12.1. The van der Waals surface area contributed by atoms with E-state index in [1.807, 2.05) is 0 Å². The highest BCUT2D eigenvalue weighted by atomic mass is 32.2. The summed E-state index contributed by atoms with van der Waals surface area (Å²) in [5, 5.41) is 6.17. The Morgan fingerprint density at radius 2 is 2.05 bits per heavy atom. The third-order valence-corrected chi connectivity index (χ3v) is 6.33. The zero-order chi connectivity index (χ0) is 14.1. The van der Waals surface area contributed by atoms with Gasteiger partial charge in [-0.25, -0.2) is 8.42 Å². The predicted molar refractivity (Wildman–Crippen MR) is 74.6 cm³/mol. The summed E-state index contributed by atoms with van der Waals surface area (Å²) in [6.07, 6.45) is 3.09. The highest BCUT2D eigenvalue weighted by Gasteiger charge is 2.57. The summed E-state index contributed by atoms with van der Waals surface area (Å²) >= 11 is 0. The van der Waals surface area contributed by atoms with Crippen LogP contribution in [0.25, 0.3) is 0 Å². The Morgan fingerprint density at radius 1 is 1.42 bits per heavy atom. The fraction of sp³-hybridized carbons (Fsp3) is 0.923. The standard InChI is InChI=1S/C13H24N2O3S/c1-3-19(17,18)9-10(2)15-12(16)11-8-13(11)4-6-14-7-5-13/h10-11,14H,3-9H2,1-2H3,(H,15,16). The van der Waals surface area contributed by atoms with E-state index in [0.29, 0.717) is 0 Å².